The zero-order valence-corrected chi connectivity index (χ0v) is 31.8. The molecule has 0 aromatic heterocycles. The molecule has 4 rings (SSSR count). The van der Waals surface area contributed by atoms with Gasteiger partial charge in [-0.3, -0.25) is 0 Å². The highest BCUT2D eigenvalue weighted by Gasteiger charge is 2.29. The molecule has 0 fully saturated rings. The molecule has 0 N–H and O–H groups in total. The molecule has 240 valence electrons. The molecule has 0 radical (unpaired) electrons. The fraction of sp³-hybridized carbons (Fsp3) is 0.545. The van der Waals surface area contributed by atoms with Gasteiger partial charge in [0, 0.05) is 0 Å². The Morgan fingerprint density at radius 3 is 0.818 bits per heavy atom. The van der Waals surface area contributed by atoms with E-state index < -0.39 is 0 Å². The maximum Gasteiger partial charge on any atom is -0.0123 e. The van der Waals surface area contributed by atoms with Crippen LogP contribution in [0.4, 0.5) is 0 Å². The first-order chi connectivity index (χ1) is 19.6. The van der Waals surface area contributed by atoms with Crippen molar-refractivity contribution >= 4 is 21.5 Å². The van der Waals surface area contributed by atoms with Gasteiger partial charge in [0.1, 0.15) is 0 Å². The van der Waals surface area contributed by atoms with Gasteiger partial charge in [0.2, 0.25) is 0 Å². The van der Waals surface area contributed by atoms with Crippen LogP contribution in [0.3, 0.4) is 0 Å². The van der Waals surface area contributed by atoms with Gasteiger partial charge in [-0.25, -0.2) is 0 Å². The predicted octanol–water partition coefficient (Wildman–Crippen LogP) is 13.5. The summed E-state index contributed by atoms with van der Waals surface area (Å²) in [6.07, 6.45) is 0. The van der Waals surface area contributed by atoms with Gasteiger partial charge >= 0.3 is 0 Å². The Kier molecular flexibility index (Phi) is 9.49. The number of benzene rings is 4. The number of hydrogen-bond donors (Lipinski definition) is 0. The fourth-order valence-corrected chi connectivity index (χ4v) is 6.46. The van der Waals surface area contributed by atoms with Gasteiger partial charge in [-0.1, -0.05) is 185 Å². The van der Waals surface area contributed by atoms with Crippen LogP contribution in [-0.4, -0.2) is 0 Å². The van der Waals surface area contributed by atoms with Gasteiger partial charge in [0.25, 0.3) is 0 Å². The van der Waals surface area contributed by atoms with Crippen LogP contribution < -0.4 is 0 Å². The molecule has 0 aliphatic rings. The molecule has 0 unspecified atom stereocenters. The summed E-state index contributed by atoms with van der Waals surface area (Å²) in [6.45, 7) is 41.5. The van der Waals surface area contributed by atoms with Crippen molar-refractivity contribution in [3.05, 3.63) is 94.0 Å². The molecule has 0 saturated carbocycles. The molecule has 0 atom stereocenters. The van der Waals surface area contributed by atoms with Gasteiger partial charge in [-0.15, -0.1) is 0 Å². The van der Waals surface area contributed by atoms with Crippen molar-refractivity contribution in [2.45, 2.75) is 157 Å². The summed E-state index contributed by atoms with van der Waals surface area (Å²) in [6, 6.07) is 23.3. The number of hydrogen-bond acceptors (Lipinski definition) is 0. The minimum absolute atomic E-state index is 0.144. The van der Waals surface area contributed by atoms with E-state index in [1.54, 1.807) is 0 Å². The molecule has 0 heteroatoms. The van der Waals surface area contributed by atoms with Crippen molar-refractivity contribution in [3.63, 3.8) is 0 Å². The van der Waals surface area contributed by atoms with Crippen LogP contribution in [0, 0.1) is 0 Å². The standard InChI is InChI=1S/2C22H32/c2*1-20(2,3)16-11-12-17-15(14-16)10-13-18(21(4,5)6)19(17)22(7,8)9/h2*10-14H,1-9H3. The summed E-state index contributed by atoms with van der Waals surface area (Å²) in [5, 5.41) is 5.55. The zero-order chi connectivity index (χ0) is 33.8. The Morgan fingerprint density at radius 1 is 0.295 bits per heavy atom. The molecule has 4 aromatic rings. The monoisotopic (exact) mass is 593 g/mol. The lowest BCUT2D eigenvalue weighted by Crippen LogP contribution is -2.22. The Balaban J connectivity index is 0.000000240. The van der Waals surface area contributed by atoms with Crippen LogP contribution >= 0.6 is 0 Å². The first kappa shape index (κ1) is 35.9. The van der Waals surface area contributed by atoms with Crippen LogP contribution in [0.25, 0.3) is 21.5 Å². The molecule has 0 nitrogen and oxygen atoms in total. The third-order valence-corrected chi connectivity index (χ3v) is 8.89. The minimum atomic E-state index is 0.144. The average Bonchev–Trinajstić information content (AvgIpc) is 2.83. The Labute approximate surface area is 272 Å². The van der Waals surface area contributed by atoms with Crippen LogP contribution in [0.1, 0.15) is 158 Å². The van der Waals surface area contributed by atoms with Gasteiger partial charge in [-0.2, -0.15) is 0 Å². The Hall–Kier alpha value is -2.60. The lowest BCUT2D eigenvalue weighted by molar-refractivity contribution is 0.534. The van der Waals surface area contributed by atoms with Gasteiger partial charge in [0.15, 0.2) is 0 Å². The third-order valence-electron chi connectivity index (χ3n) is 8.89. The van der Waals surface area contributed by atoms with Gasteiger partial charge in [0.05, 0.1) is 0 Å². The summed E-state index contributed by atoms with van der Waals surface area (Å²) >= 11 is 0. The first-order valence-electron chi connectivity index (χ1n) is 16.8. The molecular weight excluding hydrogens is 528 g/mol. The summed E-state index contributed by atoms with van der Waals surface area (Å²) < 4.78 is 0. The normalized spacial score (nSPS) is 13.7. The van der Waals surface area contributed by atoms with Crippen molar-refractivity contribution in [2.24, 2.45) is 0 Å². The highest BCUT2D eigenvalue weighted by atomic mass is 14.3. The molecule has 0 amide bonds. The molecule has 0 saturated heterocycles. The number of fused-ring (bicyclic) bond motifs is 2. The largest absolute Gasteiger partial charge is 0.0579 e. The molecule has 0 aliphatic carbocycles. The molecule has 0 aliphatic heterocycles. The van der Waals surface area contributed by atoms with E-state index in [1.807, 2.05) is 0 Å². The predicted molar refractivity (Wildman–Crippen MR) is 200 cm³/mol. The second-order valence-electron chi connectivity index (χ2n) is 19.3. The molecule has 4 aromatic carbocycles. The summed E-state index contributed by atoms with van der Waals surface area (Å²) in [5.74, 6) is 0. The van der Waals surface area contributed by atoms with Crippen LogP contribution in [0.5, 0.6) is 0 Å². The SMILES string of the molecule is CC(C)(C)c1ccc2c(C(C)(C)C)c(C(C)(C)C)ccc2c1.CC(C)(C)c1ccc2c(C(C)(C)C)c(C(C)(C)C)ccc2c1. The summed E-state index contributed by atoms with van der Waals surface area (Å²) in [4.78, 5) is 0. The van der Waals surface area contributed by atoms with Gasteiger partial charge in [-0.05, 0) is 87.4 Å². The molecular formula is C44H64. The Bertz CT molecular complexity index is 1490. The zero-order valence-electron chi connectivity index (χ0n) is 31.8. The van der Waals surface area contributed by atoms with E-state index in [1.165, 1.54) is 54.9 Å². The van der Waals surface area contributed by atoms with E-state index >= 15 is 0 Å². The van der Waals surface area contributed by atoms with Gasteiger partial charge < -0.3 is 0 Å². The fourth-order valence-electron chi connectivity index (χ4n) is 6.46. The second kappa shape index (κ2) is 11.6. The van der Waals surface area contributed by atoms with Crippen LogP contribution in [-0.2, 0) is 32.5 Å². The lowest BCUT2D eigenvalue weighted by Gasteiger charge is -2.32. The Morgan fingerprint density at radius 2 is 0.591 bits per heavy atom. The van der Waals surface area contributed by atoms with Crippen molar-refractivity contribution in [1.82, 2.24) is 0 Å². The molecule has 44 heavy (non-hydrogen) atoms. The summed E-state index contributed by atoms with van der Waals surface area (Å²) in [7, 11) is 0. The van der Waals surface area contributed by atoms with E-state index in [0.717, 1.165) is 0 Å². The quantitative estimate of drug-likeness (QED) is 0.190. The topological polar surface area (TPSA) is 0 Å². The number of rotatable bonds is 0. The average molecular weight is 593 g/mol. The van der Waals surface area contributed by atoms with Crippen molar-refractivity contribution in [3.8, 4) is 0 Å². The lowest BCUT2D eigenvalue weighted by atomic mass is 9.73. The highest BCUT2D eigenvalue weighted by Crippen LogP contribution is 2.41. The van der Waals surface area contributed by atoms with E-state index in [2.05, 4.69) is 185 Å². The summed E-state index contributed by atoms with van der Waals surface area (Å²) in [5.41, 5.74) is 9.75. The second-order valence-corrected chi connectivity index (χ2v) is 19.3. The van der Waals surface area contributed by atoms with E-state index in [4.69, 9.17) is 0 Å². The molecule has 0 heterocycles. The maximum atomic E-state index is 2.37. The van der Waals surface area contributed by atoms with E-state index in [0.29, 0.717) is 0 Å². The van der Waals surface area contributed by atoms with Crippen molar-refractivity contribution < 1.29 is 0 Å². The van der Waals surface area contributed by atoms with Crippen molar-refractivity contribution in [2.75, 3.05) is 0 Å². The minimum Gasteiger partial charge on any atom is -0.0579 e. The van der Waals surface area contributed by atoms with E-state index in [9.17, 15) is 0 Å². The smallest absolute Gasteiger partial charge is 0.0123 e. The van der Waals surface area contributed by atoms with Crippen LogP contribution in [0.2, 0.25) is 0 Å². The van der Waals surface area contributed by atoms with Crippen molar-refractivity contribution in [1.29, 1.82) is 0 Å². The molecule has 0 bridgehead atoms. The first-order valence-corrected chi connectivity index (χ1v) is 16.8. The van der Waals surface area contributed by atoms with Crippen LogP contribution in [0.15, 0.2) is 60.7 Å². The van der Waals surface area contributed by atoms with E-state index in [-0.39, 0.29) is 32.5 Å². The highest BCUT2D eigenvalue weighted by molar-refractivity contribution is 5.90. The molecule has 0 spiro atoms. The maximum absolute atomic E-state index is 2.37. The third kappa shape index (κ3) is 7.97.